The molecule has 1 atom stereocenters. The molecule has 3 rings (SSSR count). The van der Waals surface area contributed by atoms with Crippen LogP contribution in [0.2, 0.25) is 0 Å². The number of hydrogen-bond donors (Lipinski definition) is 1. The predicted octanol–water partition coefficient (Wildman–Crippen LogP) is 1.67. The Bertz CT molecular complexity index is 497. The van der Waals surface area contributed by atoms with Crippen LogP contribution in [0.25, 0.3) is 5.69 Å². The first-order chi connectivity index (χ1) is 9.33. The standard InChI is InChI=1S/C15H20N4/c1-18(15-6-7-16-10-15)11-13-2-4-14(5-3-13)19-9-8-17-12-19/h2-5,8-9,12,15-16H,6-7,10-11H2,1H3. The number of nitrogens with zero attached hydrogens (tertiary/aromatic N) is 3. The van der Waals surface area contributed by atoms with Crippen LogP contribution in [0.3, 0.4) is 0 Å². The predicted molar refractivity (Wildman–Crippen MR) is 76.3 cm³/mol. The Labute approximate surface area is 114 Å². The second-order valence-electron chi connectivity index (χ2n) is 5.20. The molecule has 100 valence electrons. The second-order valence-corrected chi connectivity index (χ2v) is 5.20. The van der Waals surface area contributed by atoms with E-state index in [0.717, 1.165) is 25.3 Å². The van der Waals surface area contributed by atoms with Crippen LogP contribution in [0.1, 0.15) is 12.0 Å². The Kier molecular flexibility index (Phi) is 3.62. The van der Waals surface area contributed by atoms with Gasteiger partial charge in [-0.1, -0.05) is 12.1 Å². The van der Waals surface area contributed by atoms with Gasteiger partial charge in [0.2, 0.25) is 0 Å². The van der Waals surface area contributed by atoms with Crippen molar-refractivity contribution in [2.24, 2.45) is 0 Å². The van der Waals surface area contributed by atoms with Crippen LogP contribution in [-0.2, 0) is 6.54 Å². The largest absolute Gasteiger partial charge is 0.315 e. The first kappa shape index (κ1) is 12.4. The third-order valence-electron chi connectivity index (χ3n) is 3.83. The van der Waals surface area contributed by atoms with Crippen LogP contribution in [0.5, 0.6) is 0 Å². The molecule has 19 heavy (non-hydrogen) atoms. The minimum Gasteiger partial charge on any atom is -0.315 e. The summed E-state index contributed by atoms with van der Waals surface area (Å²) >= 11 is 0. The van der Waals surface area contributed by atoms with Crippen LogP contribution in [0.15, 0.2) is 43.0 Å². The minimum absolute atomic E-state index is 0.674. The van der Waals surface area contributed by atoms with E-state index in [1.165, 1.54) is 12.0 Å². The van der Waals surface area contributed by atoms with Crippen LogP contribution >= 0.6 is 0 Å². The first-order valence-electron chi connectivity index (χ1n) is 6.81. The maximum absolute atomic E-state index is 4.07. The molecule has 0 radical (unpaired) electrons. The van der Waals surface area contributed by atoms with Crippen LogP contribution < -0.4 is 5.32 Å². The second kappa shape index (κ2) is 5.55. The van der Waals surface area contributed by atoms with Crippen molar-refractivity contribution in [2.75, 3.05) is 20.1 Å². The highest BCUT2D eigenvalue weighted by molar-refractivity contribution is 5.34. The Morgan fingerprint density at radius 3 is 2.84 bits per heavy atom. The number of aromatic nitrogens is 2. The number of likely N-dealkylation sites (N-methyl/N-ethyl adjacent to an activating group) is 1. The van der Waals surface area contributed by atoms with Crippen molar-refractivity contribution >= 4 is 0 Å². The molecule has 0 spiro atoms. The van der Waals surface area contributed by atoms with Gasteiger partial charge in [0.05, 0.1) is 6.33 Å². The number of imidazole rings is 1. The van der Waals surface area contributed by atoms with Gasteiger partial charge in [0.25, 0.3) is 0 Å². The van der Waals surface area contributed by atoms with Gasteiger partial charge in [-0.05, 0) is 37.7 Å². The fourth-order valence-electron chi connectivity index (χ4n) is 2.62. The lowest BCUT2D eigenvalue weighted by Gasteiger charge is -2.23. The number of benzene rings is 1. The van der Waals surface area contributed by atoms with E-state index in [9.17, 15) is 0 Å². The highest BCUT2D eigenvalue weighted by Gasteiger charge is 2.18. The van der Waals surface area contributed by atoms with Gasteiger partial charge in [0.15, 0.2) is 0 Å². The van der Waals surface area contributed by atoms with Crippen molar-refractivity contribution in [1.29, 1.82) is 0 Å². The van der Waals surface area contributed by atoms with Gasteiger partial charge in [-0.25, -0.2) is 4.98 Å². The van der Waals surface area contributed by atoms with Crippen molar-refractivity contribution < 1.29 is 0 Å². The molecule has 1 aromatic heterocycles. The molecule has 4 nitrogen and oxygen atoms in total. The van der Waals surface area contributed by atoms with Crippen LogP contribution in [0.4, 0.5) is 0 Å². The van der Waals surface area contributed by atoms with E-state index >= 15 is 0 Å². The van der Waals surface area contributed by atoms with Crippen molar-refractivity contribution in [3.05, 3.63) is 48.5 Å². The summed E-state index contributed by atoms with van der Waals surface area (Å²) in [6.45, 7) is 3.27. The summed E-state index contributed by atoms with van der Waals surface area (Å²) in [5.41, 5.74) is 2.52. The van der Waals surface area contributed by atoms with Gasteiger partial charge < -0.3 is 9.88 Å². The number of hydrogen-bond acceptors (Lipinski definition) is 3. The third-order valence-corrected chi connectivity index (χ3v) is 3.83. The van der Waals surface area contributed by atoms with Gasteiger partial charge in [-0.3, -0.25) is 4.90 Å². The summed E-state index contributed by atoms with van der Waals surface area (Å²) in [5, 5.41) is 3.41. The van der Waals surface area contributed by atoms with E-state index in [-0.39, 0.29) is 0 Å². The highest BCUT2D eigenvalue weighted by atomic mass is 15.2. The lowest BCUT2D eigenvalue weighted by molar-refractivity contribution is 0.249. The van der Waals surface area contributed by atoms with Gasteiger partial charge in [0.1, 0.15) is 0 Å². The maximum Gasteiger partial charge on any atom is 0.0991 e. The van der Waals surface area contributed by atoms with Crippen LogP contribution in [0, 0.1) is 0 Å². The Hall–Kier alpha value is -1.65. The van der Waals surface area contributed by atoms with E-state index in [4.69, 9.17) is 0 Å². The number of nitrogens with one attached hydrogen (secondary N) is 1. The van der Waals surface area contributed by atoms with E-state index < -0.39 is 0 Å². The minimum atomic E-state index is 0.674. The normalized spacial score (nSPS) is 19.2. The van der Waals surface area contributed by atoms with E-state index in [0.29, 0.717) is 6.04 Å². The zero-order valence-corrected chi connectivity index (χ0v) is 11.3. The molecule has 1 aromatic carbocycles. The molecule has 0 aliphatic carbocycles. The molecular weight excluding hydrogens is 236 g/mol. The summed E-state index contributed by atoms with van der Waals surface area (Å²) in [5.74, 6) is 0. The van der Waals surface area contributed by atoms with Gasteiger partial charge >= 0.3 is 0 Å². The number of rotatable bonds is 4. The molecule has 2 heterocycles. The monoisotopic (exact) mass is 256 g/mol. The average molecular weight is 256 g/mol. The molecular formula is C15H20N4. The van der Waals surface area contributed by atoms with E-state index in [1.54, 1.807) is 6.20 Å². The van der Waals surface area contributed by atoms with Crippen molar-refractivity contribution in [3.8, 4) is 5.69 Å². The summed E-state index contributed by atoms with van der Waals surface area (Å²) in [6, 6.07) is 9.38. The fourth-order valence-corrected chi connectivity index (χ4v) is 2.62. The molecule has 0 amide bonds. The summed E-state index contributed by atoms with van der Waals surface area (Å²) in [7, 11) is 2.21. The molecule has 1 saturated heterocycles. The molecule has 1 N–H and O–H groups in total. The van der Waals surface area contributed by atoms with Crippen molar-refractivity contribution in [2.45, 2.75) is 19.0 Å². The SMILES string of the molecule is CN(Cc1ccc(-n2ccnc2)cc1)C1CCNC1. The molecule has 1 unspecified atom stereocenters. The molecule has 4 heteroatoms. The first-order valence-corrected chi connectivity index (χ1v) is 6.81. The van der Waals surface area contributed by atoms with E-state index in [2.05, 4.69) is 46.5 Å². The quantitative estimate of drug-likeness (QED) is 0.903. The van der Waals surface area contributed by atoms with Gasteiger partial charge in [0, 0.05) is 37.2 Å². The summed E-state index contributed by atoms with van der Waals surface area (Å²) < 4.78 is 2.02. The van der Waals surface area contributed by atoms with Crippen molar-refractivity contribution in [1.82, 2.24) is 19.8 Å². The Morgan fingerprint density at radius 2 is 2.21 bits per heavy atom. The fraction of sp³-hybridized carbons (Fsp3) is 0.400. The molecule has 1 aliphatic rings. The summed E-state index contributed by atoms with van der Waals surface area (Å²) in [6.07, 6.45) is 6.84. The molecule has 2 aromatic rings. The molecule has 1 fully saturated rings. The smallest absolute Gasteiger partial charge is 0.0991 e. The van der Waals surface area contributed by atoms with Gasteiger partial charge in [-0.15, -0.1) is 0 Å². The van der Waals surface area contributed by atoms with E-state index in [1.807, 2.05) is 17.1 Å². The lowest BCUT2D eigenvalue weighted by Crippen LogP contribution is -2.32. The zero-order valence-electron chi connectivity index (χ0n) is 11.3. The topological polar surface area (TPSA) is 33.1 Å². The molecule has 1 aliphatic heterocycles. The maximum atomic E-state index is 4.07. The third kappa shape index (κ3) is 2.85. The van der Waals surface area contributed by atoms with Crippen molar-refractivity contribution in [3.63, 3.8) is 0 Å². The average Bonchev–Trinajstić information content (AvgIpc) is 3.13. The summed E-state index contributed by atoms with van der Waals surface area (Å²) in [4.78, 5) is 6.51. The highest BCUT2D eigenvalue weighted by Crippen LogP contribution is 2.13. The Balaban J connectivity index is 1.65. The molecule has 0 saturated carbocycles. The zero-order chi connectivity index (χ0) is 13.1. The molecule has 0 bridgehead atoms. The van der Waals surface area contributed by atoms with Crippen LogP contribution in [-0.4, -0.2) is 40.6 Å². The lowest BCUT2D eigenvalue weighted by atomic mass is 10.1. The Morgan fingerprint density at radius 1 is 1.37 bits per heavy atom. The van der Waals surface area contributed by atoms with Gasteiger partial charge in [-0.2, -0.15) is 0 Å².